The molecule has 0 nitrogen and oxygen atoms in total. The van der Waals surface area contributed by atoms with Crippen LogP contribution in [0.5, 0.6) is 0 Å². The van der Waals surface area contributed by atoms with Gasteiger partial charge in [0.15, 0.2) is 0 Å². The van der Waals surface area contributed by atoms with Crippen molar-refractivity contribution in [2.75, 3.05) is 0 Å². The Kier molecular flexibility index (Phi) is 3.68. The normalized spacial score (nSPS) is 21.2. The molecular formula is C11H20. The largest absolute Gasteiger partial charge is 0.0996 e. The van der Waals surface area contributed by atoms with Crippen LogP contribution in [0.2, 0.25) is 0 Å². The summed E-state index contributed by atoms with van der Waals surface area (Å²) >= 11 is 0. The molecule has 0 bridgehead atoms. The molecule has 0 aromatic rings. The number of allylic oxidation sites excluding steroid dienone is 1. The summed E-state index contributed by atoms with van der Waals surface area (Å²) in [6.45, 7) is 6.37. The first-order valence-electron chi connectivity index (χ1n) is 5.02. The molecule has 0 N–H and O–H groups in total. The summed E-state index contributed by atoms with van der Waals surface area (Å²) in [6.07, 6.45) is 9.78. The monoisotopic (exact) mass is 152 g/mol. The van der Waals surface area contributed by atoms with Crippen LogP contribution >= 0.6 is 0 Å². The number of hydrogen-bond acceptors (Lipinski definition) is 0. The van der Waals surface area contributed by atoms with E-state index in [0.717, 1.165) is 5.92 Å². The first-order valence-corrected chi connectivity index (χ1v) is 5.02. The van der Waals surface area contributed by atoms with Gasteiger partial charge in [-0.05, 0) is 25.2 Å². The quantitative estimate of drug-likeness (QED) is 0.415. The van der Waals surface area contributed by atoms with Gasteiger partial charge in [0.1, 0.15) is 0 Å². The average Bonchev–Trinajstić information content (AvgIpc) is 2.30. The van der Waals surface area contributed by atoms with Gasteiger partial charge in [-0.1, -0.05) is 44.8 Å². The molecule has 0 aromatic carbocycles. The van der Waals surface area contributed by atoms with E-state index in [4.69, 9.17) is 0 Å². The summed E-state index contributed by atoms with van der Waals surface area (Å²) in [4.78, 5) is 0. The molecule has 0 aliphatic heterocycles. The van der Waals surface area contributed by atoms with E-state index in [2.05, 4.69) is 13.5 Å². The van der Waals surface area contributed by atoms with E-state index in [-0.39, 0.29) is 0 Å². The highest BCUT2D eigenvalue weighted by molar-refractivity contribution is 4.99. The summed E-state index contributed by atoms with van der Waals surface area (Å²) in [5.41, 5.74) is 1.49. The Hall–Kier alpha value is -0.260. The van der Waals surface area contributed by atoms with Crippen molar-refractivity contribution in [1.82, 2.24) is 0 Å². The van der Waals surface area contributed by atoms with Gasteiger partial charge in [0.25, 0.3) is 0 Å². The van der Waals surface area contributed by atoms with Gasteiger partial charge in [-0.2, -0.15) is 0 Å². The van der Waals surface area contributed by atoms with Crippen molar-refractivity contribution in [2.45, 2.75) is 51.9 Å². The summed E-state index contributed by atoms with van der Waals surface area (Å²) in [5.74, 6) is 0.863. The first kappa shape index (κ1) is 8.83. The fourth-order valence-corrected chi connectivity index (χ4v) is 1.98. The molecule has 0 radical (unpaired) electrons. The van der Waals surface area contributed by atoms with Gasteiger partial charge in [0.2, 0.25) is 0 Å². The van der Waals surface area contributed by atoms with Gasteiger partial charge < -0.3 is 0 Å². The van der Waals surface area contributed by atoms with Crippen LogP contribution < -0.4 is 0 Å². The topological polar surface area (TPSA) is 0 Å². The highest BCUT2D eigenvalue weighted by Gasteiger charge is 2.13. The maximum absolute atomic E-state index is 4.14. The minimum atomic E-state index is 0.863. The van der Waals surface area contributed by atoms with Crippen LogP contribution in [0.3, 0.4) is 0 Å². The number of hydrogen-bond donors (Lipinski definition) is 0. The summed E-state index contributed by atoms with van der Waals surface area (Å²) in [6, 6.07) is 0. The van der Waals surface area contributed by atoms with Crippen molar-refractivity contribution >= 4 is 0 Å². The lowest BCUT2D eigenvalue weighted by atomic mass is 9.91. The van der Waals surface area contributed by atoms with E-state index < -0.39 is 0 Å². The Bertz CT molecular complexity index is 116. The van der Waals surface area contributed by atoms with E-state index in [1.54, 1.807) is 0 Å². The van der Waals surface area contributed by atoms with Crippen molar-refractivity contribution in [3.8, 4) is 0 Å². The van der Waals surface area contributed by atoms with Crippen molar-refractivity contribution in [2.24, 2.45) is 5.92 Å². The molecule has 1 aliphatic rings. The van der Waals surface area contributed by atoms with Crippen LogP contribution in [0.1, 0.15) is 51.9 Å². The summed E-state index contributed by atoms with van der Waals surface area (Å²) in [5, 5.41) is 0. The zero-order valence-corrected chi connectivity index (χ0v) is 7.73. The Morgan fingerprint density at radius 1 is 1.18 bits per heavy atom. The van der Waals surface area contributed by atoms with Crippen LogP contribution in [0, 0.1) is 5.92 Å². The molecule has 0 saturated heterocycles. The molecule has 1 saturated carbocycles. The summed E-state index contributed by atoms with van der Waals surface area (Å²) in [7, 11) is 0. The lowest BCUT2D eigenvalue weighted by molar-refractivity contribution is 0.519. The van der Waals surface area contributed by atoms with Gasteiger partial charge in [-0.25, -0.2) is 0 Å². The fraction of sp³-hybridized carbons (Fsp3) is 0.818. The van der Waals surface area contributed by atoms with Crippen molar-refractivity contribution in [3.05, 3.63) is 12.2 Å². The fourth-order valence-electron chi connectivity index (χ4n) is 1.98. The van der Waals surface area contributed by atoms with Gasteiger partial charge >= 0.3 is 0 Å². The summed E-state index contributed by atoms with van der Waals surface area (Å²) < 4.78 is 0. The van der Waals surface area contributed by atoms with Gasteiger partial charge in [0.05, 0.1) is 0 Å². The Balaban J connectivity index is 2.36. The highest BCUT2D eigenvalue weighted by atomic mass is 14.2. The molecule has 0 heterocycles. The lowest BCUT2D eigenvalue weighted by Crippen LogP contribution is -2.00. The van der Waals surface area contributed by atoms with E-state index in [9.17, 15) is 0 Å². The predicted octanol–water partition coefficient (Wildman–Crippen LogP) is 3.92. The molecule has 0 spiro atoms. The molecule has 0 amide bonds. The van der Waals surface area contributed by atoms with Crippen molar-refractivity contribution < 1.29 is 0 Å². The third kappa shape index (κ3) is 2.69. The molecule has 0 aromatic heterocycles. The molecule has 0 atom stereocenters. The van der Waals surface area contributed by atoms with Crippen molar-refractivity contribution in [1.29, 1.82) is 0 Å². The Morgan fingerprint density at radius 2 is 1.73 bits per heavy atom. The van der Waals surface area contributed by atoms with E-state index >= 15 is 0 Å². The molecule has 1 aliphatic carbocycles. The Morgan fingerprint density at radius 3 is 2.18 bits per heavy atom. The minimum absolute atomic E-state index is 0.863. The second kappa shape index (κ2) is 4.58. The van der Waals surface area contributed by atoms with Gasteiger partial charge in [-0.3, -0.25) is 0 Å². The zero-order valence-electron chi connectivity index (χ0n) is 7.73. The van der Waals surface area contributed by atoms with E-state index in [0.29, 0.717) is 0 Å². The smallest absolute Gasteiger partial charge is 0.0206 e. The van der Waals surface area contributed by atoms with Crippen LogP contribution in [0.4, 0.5) is 0 Å². The molecule has 1 fully saturated rings. The average molecular weight is 152 g/mol. The second-order valence-corrected chi connectivity index (χ2v) is 3.70. The van der Waals surface area contributed by atoms with Crippen LogP contribution in [-0.2, 0) is 0 Å². The molecule has 64 valence electrons. The first-order chi connectivity index (χ1) is 5.34. The van der Waals surface area contributed by atoms with Gasteiger partial charge in [-0.15, -0.1) is 0 Å². The molecular weight excluding hydrogens is 132 g/mol. The highest BCUT2D eigenvalue weighted by Crippen LogP contribution is 2.28. The molecule has 0 heteroatoms. The SMILES string of the molecule is C=C(CC)C1CCCCCC1. The van der Waals surface area contributed by atoms with Crippen LogP contribution in [-0.4, -0.2) is 0 Å². The van der Waals surface area contributed by atoms with Crippen LogP contribution in [0.25, 0.3) is 0 Å². The van der Waals surface area contributed by atoms with E-state index in [1.807, 2.05) is 0 Å². The maximum Gasteiger partial charge on any atom is -0.0206 e. The molecule has 1 rings (SSSR count). The lowest BCUT2D eigenvalue weighted by Gasteiger charge is -2.15. The third-order valence-corrected chi connectivity index (χ3v) is 2.89. The predicted molar refractivity (Wildman–Crippen MR) is 50.6 cm³/mol. The minimum Gasteiger partial charge on any atom is -0.0996 e. The molecule has 11 heavy (non-hydrogen) atoms. The third-order valence-electron chi connectivity index (χ3n) is 2.89. The standard InChI is InChI=1S/C11H20/c1-3-10(2)11-8-6-4-5-7-9-11/h11H,2-9H2,1H3. The van der Waals surface area contributed by atoms with Crippen molar-refractivity contribution in [3.63, 3.8) is 0 Å². The zero-order chi connectivity index (χ0) is 8.10. The number of rotatable bonds is 2. The second-order valence-electron chi connectivity index (χ2n) is 3.70. The molecule has 0 unspecified atom stereocenters. The Labute approximate surface area is 70.7 Å². The maximum atomic E-state index is 4.14. The van der Waals surface area contributed by atoms with E-state index in [1.165, 1.54) is 50.5 Å². The van der Waals surface area contributed by atoms with Gasteiger partial charge in [0, 0.05) is 0 Å². The van der Waals surface area contributed by atoms with Crippen LogP contribution in [0.15, 0.2) is 12.2 Å².